The molecule has 0 unspecified atom stereocenters. The molecule has 1 aliphatic carbocycles. The number of hydrogen-bond donors (Lipinski definition) is 0. The van der Waals surface area contributed by atoms with Crippen molar-refractivity contribution in [1.29, 1.82) is 0 Å². The molecule has 1 saturated carbocycles. The van der Waals surface area contributed by atoms with Crippen LogP contribution in [-0.2, 0) is 10.2 Å². The van der Waals surface area contributed by atoms with Crippen LogP contribution < -0.4 is 4.90 Å². The third kappa shape index (κ3) is 2.31. The van der Waals surface area contributed by atoms with Gasteiger partial charge in [0.2, 0.25) is 5.91 Å². The van der Waals surface area contributed by atoms with E-state index in [4.69, 9.17) is 0 Å². The molecule has 0 N–H and O–H groups in total. The normalized spacial score (nSPS) is 15.3. The van der Waals surface area contributed by atoms with Gasteiger partial charge in [-0.1, -0.05) is 60.7 Å². The highest BCUT2D eigenvalue weighted by Gasteiger charge is 2.52. The molecule has 3 aromatic carbocycles. The molecule has 2 nitrogen and oxygen atoms in total. The smallest absolute Gasteiger partial charge is 0.237 e. The second-order valence-electron chi connectivity index (χ2n) is 6.34. The number of fused-ring (bicyclic) bond motifs is 1. The molecule has 1 fully saturated rings. The molecule has 4 rings (SSSR count). The summed E-state index contributed by atoms with van der Waals surface area (Å²) in [5, 5.41) is 2.36. The Balaban J connectivity index is 1.68. The van der Waals surface area contributed by atoms with Gasteiger partial charge in [-0.15, -0.1) is 0 Å². The van der Waals surface area contributed by atoms with Gasteiger partial charge in [0.1, 0.15) is 0 Å². The summed E-state index contributed by atoms with van der Waals surface area (Å²) in [4.78, 5) is 14.9. The van der Waals surface area contributed by atoms with E-state index in [-0.39, 0.29) is 11.3 Å². The summed E-state index contributed by atoms with van der Waals surface area (Å²) < 4.78 is 0. The van der Waals surface area contributed by atoms with Crippen LogP contribution in [0.15, 0.2) is 72.8 Å². The topological polar surface area (TPSA) is 20.3 Å². The molecule has 2 heteroatoms. The van der Waals surface area contributed by atoms with Crippen LogP contribution >= 0.6 is 0 Å². The molecule has 0 atom stereocenters. The first kappa shape index (κ1) is 14.0. The highest BCUT2D eigenvalue weighted by atomic mass is 16.2. The van der Waals surface area contributed by atoms with Crippen LogP contribution in [0.25, 0.3) is 10.8 Å². The van der Waals surface area contributed by atoms with Crippen LogP contribution in [-0.4, -0.2) is 13.0 Å². The van der Waals surface area contributed by atoms with Crippen LogP contribution in [0.5, 0.6) is 0 Å². The Morgan fingerprint density at radius 1 is 0.870 bits per heavy atom. The van der Waals surface area contributed by atoms with Gasteiger partial charge in [-0.2, -0.15) is 0 Å². The lowest BCUT2D eigenvalue weighted by atomic mass is 9.94. The van der Waals surface area contributed by atoms with Crippen LogP contribution in [0.1, 0.15) is 18.4 Å². The van der Waals surface area contributed by atoms with Crippen molar-refractivity contribution in [2.75, 3.05) is 11.9 Å². The van der Waals surface area contributed by atoms with Gasteiger partial charge < -0.3 is 4.90 Å². The Morgan fingerprint density at radius 2 is 1.52 bits per heavy atom. The highest BCUT2D eigenvalue weighted by molar-refractivity contribution is 6.04. The standard InChI is InChI=1S/C21H19NO/c1-22(19-12-11-16-7-5-6-8-17(16)15-19)20(23)21(13-14-21)18-9-3-2-4-10-18/h2-12,15H,13-14H2,1H3. The van der Waals surface area contributed by atoms with E-state index in [1.54, 1.807) is 0 Å². The molecule has 3 aromatic rings. The van der Waals surface area contributed by atoms with Crippen molar-refractivity contribution in [3.8, 4) is 0 Å². The summed E-state index contributed by atoms with van der Waals surface area (Å²) in [6.07, 6.45) is 1.88. The second kappa shape index (κ2) is 5.24. The monoisotopic (exact) mass is 301 g/mol. The number of amides is 1. The van der Waals surface area contributed by atoms with E-state index >= 15 is 0 Å². The molecule has 23 heavy (non-hydrogen) atoms. The zero-order chi connectivity index (χ0) is 15.9. The summed E-state index contributed by atoms with van der Waals surface area (Å²) in [6.45, 7) is 0. The molecular formula is C21H19NO. The van der Waals surface area contributed by atoms with Crippen LogP contribution in [0.3, 0.4) is 0 Å². The lowest BCUT2D eigenvalue weighted by molar-refractivity contribution is -0.120. The molecule has 0 aliphatic heterocycles. The molecular weight excluding hydrogens is 282 g/mol. The zero-order valence-electron chi connectivity index (χ0n) is 13.2. The summed E-state index contributed by atoms with van der Waals surface area (Å²) in [6, 6.07) is 24.6. The fourth-order valence-electron chi connectivity index (χ4n) is 3.33. The lowest BCUT2D eigenvalue weighted by Crippen LogP contribution is -2.36. The van der Waals surface area contributed by atoms with Crippen molar-refractivity contribution in [2.45, 2.75) is 18.3 Å². The number of anilines is 1. The predicted molar refractivity (Wildman–Crippen MR) is 94.7 cm³/mol. The number of nitrogens with zero attached hydrogens (tertiary/aromatic N) is 1. The minimum Gasteiger partial charge on any atom is -0.315 e. The first-order valence-electron chi connectivity index (χ1n) is 8.03. The Bertz CT molecular complexity index is 865. The van der Waals surface area contributed by atoms with Gasteiger partial charge in [-0.05, 0) is 41.3 Å². The second-order valence-corrected chi connectivity index (χ2v) is 6.34. The van der Waals surface area contributed by atoms with E-state index < -0.39 is 0 Å². The van der Waals surface area contributed by atoms with E-state index in [1.807, 2.05) is 48.3 Å². The van der Waals surface area contributed by atoms with Gasteiger partial charge in [-0.3, -0.25) is 4.79 Å². The molecule has 0 saturated heterocycles. The average molecular weight is 301 g/mol. The average Bonchev–Trinajstić information content (AvgIpc) is 3.43. The Morgan fingerprint density at radius 3 is 2.22 bits per heavy atom. The quantitative estimate of drug-likeness (QED) is 0.696. The number of likely N-dealkylation sites (N-methyl/N-ethyl adjacent to an activating group) is 1. The fraction of sp³-hybridized carbons (Fsp3) is 0.190. The molecule has 0 bridgehead atoms. The zero-order valence-corrected chi connectivity index (χ0v) is 13.2. The van der Waals surface area contributed by atoms with E-state index in [9.17, 15) is 4.79 Å². The maximum Gasteiger partial charge on any atom is 0.237 e. The molecule has 0 heterocycles. The summed E-state index contributed by atoms with van der Waals surface area (Å²) in [5.41, 5.74) is 1.77. The molecule has 0 radical (unpaired) electrons. The van der Waals surface area contributed by atoms with Crippen molar-refractivity contribution >= 4 is 22.4 Å². The van der Waals surface area contributed by atoms with Crippen LogP contribution in [0.4, 0.5) is 5.69 Å². The first-order valence-corrected chi connectivity index (χ1v) is 8.03. The summed E-state index contributed by atoms with van der Waals surface area (Å²) in [7, 11) is 1.88. The van der Waals surface area contributed by atoms with Gasteiger partial charge in [0, 0.05) is 12.7 Å². The third-order valence-electron chi connectivity index (χ3n) is 4.91. The predicted octanol–water partition coefficient (Wildman–Crippen LogP) is 4.53. The highest BCUT2D eigenvalue weighted by Crippen LogP contribution is 2.49. The van der Waals surface area contributed by atoms with Crippen molar-refractivity contribution < 1.29 is 4.79 Å². The SMILES string of the molecule is CN(C(=O)C1(c2ccccc2)CC1)c1ccc2ccccc2c1. The number of carbonyl (C=O) groups is 1. The number of hydrogen-bond acceptors (Lipinski definition) is 1. The molecule has 114 valence electrons. The van der Waals surface area contributed by atoms with E-state index in [1.165, 1.54) is 5.39 Å². The number of rotatable bonds is 3. The maximum atomic E-state index is 13.1. The molecule has 1 aliphatic rings. The van der Waals surface area contributed by atoms with Crippen molar-refractivity contribution in [3.05, 3.63) is 78.4 Å². The number of benzene rings is 3. The Labute approximate surface area is 136 Å². The third-order valence-corrected chi connectivity index (χ3v) is 4.91. The van der Waals surface area contributed by atoms with Gasteiger partial charge in [0.05, 0.1) is 5.41 Å². The molecule has 0 aromatic heterocycles. The summed E-state index contributed by atoms with van der Waals surface area (Å²) >= 11 is 0. The molecule has 0 spiro atoms. The minimum absolute atomic E-state index is 0.194. The number of carbonyl (C=O) groups excluding carboxylic acids is 1. The van der Waals surface area contributed by atoms with Crippen LogP contribution in [0, 0.1) is 0 Å². The van der Waals surface area contributed by atoms with Gasteiger partial charge in [0.15, 0.2) is 0 Å². The van der Waals surface area contributed by atoms with E-state index in [0.29, 0.717) is 0 Å². The maximum absolute atomic E-state index is 13.1. The minimum atomic E-state index is -0.318. The van der Waals surface area contributed by atoms with Gasteiger partial charge >= 0.3 is 0 Å². The van der Waals surface area contributed by atoms with Crippen LogP contribution in [0.2, 0.25) is 0 Å². The largest absolute Gasteiger partial charge is 0.315 e. The molecule has 1 amide bonds. The van der Waals surface area contributed by atoms with E-state index in [2.05, 4.69) is 36.4 Å². The lowest BCUT2D eigenvalue weighted by Gasteiger charge is -2.24. The fourth-order valence-corrected chi connectivity index (χ4v) is 3.33. The Kier molecular flexibility index (Phi) is 3.19. The van der Waals surface area contributed by atoms with Gasteiger partial charge in [0.25, 0.3) is 0 Å². The Hall–Kier alpha value is -2.61. The van der Waals surface area contributed by atoms with Crippen molar-refractivity contribution in [2.24, 2.45) is 0 Å². The first-order chi connectivity index (χ1) is 11.2. The summed E-state index contributed by atoms with van der Waals surface area (Å²) in [5.74, 6) is 0.194. The van der Waals surface area contributed by atoms with E-state index in [0.717, 1.165) is 29.5 Å². The van der Waals surface area contributed by atoms with Crippen molar-refractivity contribution in [1.82, 2.24) is 0 Å². The van der Waals surface area contributed by atoms with Crippen molar-refractivity contribution in [3.63, 3.8) is 0 Å². The van der Waals surface area contributed by atoms with Gasteiger partial charge in [-0.25, -0.2) is 0 Å².